The van der Waals surface area contributed by atoms with E-state index in [2.05, 4.69) is 0 Å². The average molecular weight is 284 g/mol. The lowest BCUT2D eigenvalue weighted by Crippen LogP contribution is -2.28. The largest absolute Gasteiger partial charge is 0.476 e. The van der Waals surface area contributed by atoms with Gasteiger partial charge in [-0.05, 0) is 24.6 Å². The molecule has 0 amide bonds. The third-order valence-corrected chi connectivity index (χ3v) is 3.24. The smallest absolute Gasteiger partial charge is 0.387 e. The van der Waals surface area contributed by atoms with Gasteiger partial charge in [-0.1, -0.05) is 30.3 Å². The van der Waals surface area contributed by atoms with Crippen LogP contribution in [0.2, 0.25) is 0 Å². The summed E-state index contributed by atoms with van der Waals surface area (Å²) in [6.45, 7) is 1.77. The standard InChI is InChI=1S/C16H12O5/c1-9-7-12-13(21-16(20-12)15(18)19)8-11(9)14(17)10-5-3-2-4-6-10/h2-8,16H,1H3,(H,18,19). The van der Waals surface area contributed by atoms with Gasteiger partial charge in [0.25, 0.3) is 0 Å². The zero-order valence-electron chi connectivity index (χ0n) is 11.2. The van der Waals surface area contributed by atoms with E-state index in [4.69, 9.17) is 14.6 Å². The van der Waals surface area contributed by atoms with Crippen molar-refractivity contribution in [2.75, 3.05) is 0 Å². The molecule has 1 heterocycles. The molecule has 0 saturated heterocycles. The number of aryl methyl sites for hydroxylation is 1. The molecule has 3 rings (SSSR count). The first kappa shape index (κ1) is 13.2. The fourth-order valence-corrected chi connectivity index (χ4v) is 2.19. The summed E-state index contributed by atoms with van der Waals surface area (Å²) in [6.07, 6.45) is -1.36. The lowest BCUT2D eigenvalue weighted by molar-refractivity contribution is -0.154. The molecule has 1 aliphatic rings. The molecule has 0 fully saturated rings. The topological polar surface area (TPSA) is 72.8 Å². The maximum absolute atomic E-state index is 12.5. The summed E-state index contributed by atoms with van der Waals surface area (Å²) in [5.41, 5.74) is 1.74. The number of fused-ring (bicyclic) bond motifs is 1. The Morgan fingerprint density at radius 1 is 1.05 bits per heavy atom. The number of ketones is 1. The average Bonchev–Trinajstić information content (AvgIpc) is 2.89. The fourth-order valence-electron chi connectivity index (χ4n) is 2.19. The molecule has 5 heteroatoms. The molecule has 1 aliphatic heterocycles. The third kappa shape index (κ3) is 2.33. The highest BCUT2D eigenvalue weighted by Gasteiger charge is 2.31. The predicted molar refractivity (Wildman–Crippen MR) is 73.7 cm³/mol. The summed E-state index contributed by atoms with van der Waals surface area (Å²) in [5, 5.41) is 8.89. The van der Waals surface area contributed by atoms with E-state index in [0.29, 0.717) is 22.4 Å². The molecule has 2 aromatic rings. The zero-order valence-corrected chi connectivity index (χ0v) is 11.2. The molecule has 0 spiro atoms. The van der Waals surface area contributed by atoms with Crippen molar-refractivity contribution in [3.8, 4) is 11.5 Å². The quantitative estimate of drug-likeness (QED) is 0.876. The highest BCUT2D eigenvalue weighted by molar-refractivity contribution is 6.10. The highest BCUT2D eigenvalue weighted by Crippen LogP contribution is 2.37. The Bertz CT molecular complexity index is 721. The molecular weight excluding hydrogens is 272 g/mol. The zero-order chi connectivity index (χ0) is 15.0. The highest BCUT2D eigenvalue weighted by atomic mass is 16.7. The fraction of sp³-hybridized carbons (Fsp3) is 0.125. The van der Waals surface area contributed by atoms with Gasteiger partial charge in [0.2, 0.25) is 0 Å². The Kier molecular flexibility index (Phi) is 3.10. The van der Waals surface area contributed by atoms with E-state index in [0.717, 1.165) is 0 Å². The molecule has 1 unspecified atom stereocenters. The van der Waals surface area contributed by atoms with Crippen LogP contribution in [0.4, 0.5) is 0 Å². The molecule has 0 bridgehead atoms. The number of carboxylic acid groups (broad SMARTS) is 1. The van der Waals surface area contributed by atoms with Gasteiger partial charge in [-0.2, -0.15) is 0 Å². The van der Waals surface area contributed by atoms with Crippen molar-refractivity contribution >= 4 is 11.8 Å². The van der Waals surface area contributed by atoms with E-state index >= 15 is 0 Å². The van der Waals surface area contributed by atoms with E-state index in [9.17, 15) is 9.59 Å². The van der Waals surface area contributed by atoms with Gasteiger partial charge in [0, 0.05) is 11.1 Å². The van der Waals surface area contributed by atoms with Gasteiger partial charge >= 0.3 is 12.3 Å². The molecule has 21 heavy (non-hydrogen) atoms. The van der Waals surface area contributed by atoms with Crippen LogP contribution in [0.5, 0.6) is 11.5 Å². The minimum atomic E-state index is -1.36. The number of carboxylic acids is 1. The number of rotatable bonds is 3. The van der Waals surface area contributed by atoms with Crippen molar-refractivity contribution in [2.24, 2.45) is 0 Å². The van der Waals surface area contributed by atoms with Gasteiger partial charge in [-0.3, -0.25) is 4.79 Å². The lowest BCUT2D eigenvalue weighted by Gasteiger charge is -2.06. The van der Waals surface area contributed by atoms with Crippen molar-refractivity contribution in [1.29, 1.82) is 0 Å². The first-order valence-electron chi connectivity index (χ1n) is 6.37. The molecule has 1 atom stereocenters. The summed E-state index contributed by atoms with van der Waals surface area (Å²) < 4.78 is 10.3. The van der Waals surface area contributed by atoms with Crippen LogP contribution in [-0.4, -0.2) is 23.1 Å². The number of carbonyl (C=O) groups is 2. The Labute approximate surface area is 120 Å². The second-order valence-electron chi connectivity index (χ2n) is 4.71. The lowest BCUT2D eigenvalue weighted by atomic mass is 9.98. The molecular formula is C16H12O5. The summed E-state index contributed by atoms with van der Waals surface area (Å²) >= 11 is 0. The van der Waals surface area contributed by atoms with Crippen LogP contribution in [0.3, 0.4) is 0 Å². The molecule has 2 aromatic carbocycles. The minimum absolute atomic E-state index is 0.140. The maximum atomic E-state index is 12.5. The first-order valence-corrected chi connectivity index (χ1v) is 6.37. The van der Waals surface area contributed by atoms with Crippen LogP contribution in [0.15, 0.2) is 42.5 Å². The predicted octanol–water partition coefficient (Wildman–Crippen LogP) is 2.41. The van der Waals surface area contributed by atoms with Crippen molar-refractivity contribution in [2.45, 2.75) is 13.2 Å². The molecule has 0 aliphatic carbocycles. The molecule has 0 aromatic heterocycles. The summed E-state index contributed by atoms with van der Waals surface area (Å²) in [5.74, 6) is -0.741. The molecule has 0 saturated carbocycles. The summed E-state index contributed by atoms with van der Waals surface area (Å²) in [4.78, 5) is 23.3. The monoisotopic (exact) mass is 284 g/mol. The van der Waals surface area contributed by atoms with Crippen LogP contribution in [0.1, 0.15) is 21.5 Å². The van der Waals surface area contributed by atoms with Crippen molar-refractivity contribution in [3.05, 3.63) is 59.2 Å². The Morgan fingerprint density at radius 3 is 2.29 bits per heavy atom. The second kappa shape index (κ2) is 4.94. The Morgan fingerprint density at radius 2 is 1.67 bits per heavy atom. The van der Waals surface area contributed by atoms with Crippen LogP contribution in [0.25, 0.3) is 0 Å². The van der Waals surface area contributed by atoms with Crippen molar-refractivity contribution < 1.29 is 24.2 Å². The number of benzene rings is 2. The summed E-state index contributed by atoms with van der Waals surface area (Å²) in [7, 11) is 0. The maximum Gasteiger partial charge on any atom is 0.387 e. The molecule has 0 radical (unpaired) electrons. The van der Waals surface area contributed by atoms with E-state index in [1.165, 1.54) is 6.07 Å². The third-order valence-electron chi connectivity index (χ3n) is 3.24. The van der Waals surface area contributed by atoms with Crippen LogP contribution in [0, 0.1) is 6.92 Å². The molecule has 5 nitrogen and oxygen atoms in total. The van der Waals surface area contributed by atoms with Gasteiger partial charge in [-0.15, -0.1) is 0 Å². The van der Waals surface area contributed by atoms with Gasteiger partial charge < -0.3 is 14.6 Å². The van der Waals surface area contributed by atoms with Gasteiger partial charge in [0.15, 0.2) is 17.3 Å². The van der Waals surface area contributed by atoms with E-state index in [1.807, 2.05) is 6.07 Å². The minimum Gasteiger partial charge on any atom is -0.476 e. The van der Waals surface area contributed by atoms with E-state index in [-0.39, 0.29) is 11.5 Å². The Hall–Kier alpha value is -2.82. The number of carbonyl (C=O) groups excluding carboxylic acids is 1. The van der Waals surface area contributed by atoms with Crippen molar-refractivity contribution in [1.82, 2.24) is 0 Å². The van der Waals surface area contributed by atoms with Gasteiger partial charge in [-0.25, -0.2) is 4.79 Å². The normalized spacial score (nSPS) is 15.8. The number of hydrogen-bond acceptors (Lipinski definition) is 4. The number of hydrogen-bond donors (Lipinski definition) is 1. The van der Waals surface area contributed by atoms with E-state index in [1.54, 1.807) is 37.3 Å². The van der Waals surface area contributed by atoms with Crippen molar-refractivity contribution in [3.63, 3.8) is 0 Å². The van der Waals surface area contributed by atoms with Crippen LogP contribution >= 0.6 is 0 Å². The first-order chi connectivity index (χ1) is 10.1. The molecule has 1 N–H and O–H groups in total. The van der Waals surface area contributed by atoms with Crippen LogP contribution in [-0.2, 0) is 4.79 Å². The number of aliphatic carboxylic acids is 1. The molecule has 106 valence electrons. The second-order valence-corrected chi connectivity index (χ2v) is 4.71. The van der Waals surface area contributed by atoms with Gasteiger partial charge in [0.05, 0.1) is 0 Å². The van der Waals surface area contributed by atoms with Gasteiger partial charge in [0.1, 0.15) is 0 Å². The summed E-state index contributed by atoms with van der Waals surface area (Å²) in [6, 6.07) is 12.0. The van der Waals surface area contributed by atoms with Crippen LogP contribution < -0.4 is 9.47 Å². The Balaban J connectivity index is 1.98. The SMILES string of the molecule is Cc1cc2c(cc1C(=O)c1ccccc1)OC(C(=O)O)O2. The number of ether oxygens (including phenoxy) is 2. The van der Waals surface area contributed by atoms with E-state index < -0.39 is 12.3 Å².